The van der Waals surface area contributed by atoms with Crippen LogP contribution in [0.15, 0.2) is 24.3 Å². The van der Waals surface area contributed by atoms with Crippen LogP contribution in [0.25, 0.3) is 0 Å². The van der Waals surface area contributed by atoms with Crippen molar-refractivity contribution in [2.75, 3.05) is 6.54 Å². The second kappa shape index (κ2) is 7.87. The number of amides is 1. The quantitative estimate of drug-likeness (QED) is 0.803. The maximum atomic E-state index is 13.9. The van der Waals surface area contributed by atoms with E-state index in [0.717, 1.165) is 16.7 Å². The number of carboxylic acids is 1. The normalized spacial score (nSPS) is 10.9. The maximum Gasteiger partial charge on any atom is 0.305 e. The van der Waals surface area contributed by atoms with E-state index in [1.807, 2.05) is 13.8 Å². The standard InChI is InChI=1S/C17H19F2N3O3/c1-10(2)13-8-14(21-20-13)17(25)22(7-6-15(23)24)9-11-4-3-5-12(18)16(11)19/h3-5,8,10H,6-7,9H2,1-2H3,(H,20,21)(H,23,24). The molecule has 1 aromatic heterocycles. The van der Waals surface area contributed by atoms with Gasteiger partial charge in [-0.2, -0.15) is 5.10 Å². The number of aromatic nitrogens is 2. The molecule has 134 valence electrons. The summed E-state index contributed by atoms with van der Waals surface area (Å²) in [5, 5.41) is 15.5. The van der Waals surface area contributed by atoms with Gasteiger partial charge in [0.25, 0.3) is 5.91 Å². The minimum Gasteiger partial charge on any atom is -0.481 e. The zero-order chi connectivity index (χ0) is 18.6. The van der Waals surface area contributed by atoms with Crippen molar-refractivity contribution in [2.45, 2.75) is 32.7 Å². The first kappa shape index (κ1) is 18.6. The molecule has 0 bridgehead atoms. The van der Waals surface area contributed by atoms with Crippen LogP contribution in [-0.2, 0) is 11.3 Å². The van der Waals surface area contributed by atoms with Gasteiger partial charge in [0.15, 0.2) is 11.6 Å². The second-order valence-corrected chi connectivity index (χ2v) is 5.95. The number of rotatable bonds is 7. The van der Waals surface area contributed by atoms with Crippen molar-refractivity contribution in [3.05, 3.63) is 52.9 Å². The number of benzene rings is 1. The number of carbonyl (C=O) groups excluding carboxylic acids is 1. The lowest BCUT2D eigenvalue weighted by molar-refractivity contribution is -0.137. The molecule has 1 amide bonds. The highest BCUT2D eigenvalue weighted by atomic mass is 19.2. The molecule has 1 aromatic carbocycles. The summed E-state index contributed by atoms with van der Waals surface area (Å²) in [6.45, 7) is 3.45. The molecule has 6 nitrogen and oxygen atoms in total. The van der Waals surface area contributed by atoms with Gasteiger partial charge >= 0.3 is 5.97 Å². The maximum absolute atomic E-state index is 13.9. The van der Waals surface area contributed by atoms with E-state index in [1.54, 1.807) is 6.07 Å². The highest BCUT2D eigenvalue weighted by Gasteiger charge is 2.22. The lowest BCUT2D eigenvalue weighted by atomic mass is 10.1. The summed E-state index contributed by atoms with van der Waals surface area (Å²) in [7, 11) is 0. The van der Waals surface area contributed by atoms with Gasteiger partial charge in [-0.3, -0.25) is 14.7 Å². The van der Waals surface area contributed by atoms with Crippen molar-refractivity contribution in [1.29, 1.82) is 0 Å². The molecule has 0 aliphatic heterocycles. The molecular formula is C17H19F2N3O3. The van der Waals surface area contributed by atoms with Crippen LogP contribution >= 0.6 is 0 Å². The lowest BCUT2D eigenvalue weighted by Gasteiger charge is -2.21. The zero-order valence-electron chi connectivity index (χ0n) is 13.9. The van der Waals surface area contributed by atoms with E-state index in [4.69, 9.17) is 5.11 Å². The number of hydrogen-bond donors (Lipinski definition) is 2. The van der Waals surface area contributed by atoms with E-state index in [1.165, 1.54) is 12.1 Å². The summed E-state index contributed by atoms with van der Waals surface area (Å²) in [6, 6.07) is 5.23. The van der Waals surface area contributed by atoms with Crippen LogP contribution in [0.2, 0.25) is 0 Å². The lowest BCUT2D eigenvalue weighted by Crippen LogP contribution is -2.33. The van der Waals surface area contributed by atoms with Gasteiger partial charge in [-0.25, -0.2) is 8.78 Å². The third kappa shape index (κ3) is 4.62. The van der Waals surface area contributed by atoms with Gasteiger partial charge in [0.05, 0.1) is 6.42 Å². The topological polar surface area (TPSA) is 86.3 Å². The fraction of sp³-hybridized carbons (Fsp3) is 0.353. The van der Waals surface area contributed by atoms with E-state index in [9.17, 15) is 18.4 Å². The van der Waals surface area contributed by atoms with Crippen molar-refractivity contribution in [2.24, 2.45) is 0 Å². The van der Waals surface area contributed by atoms with Crippen molar-refractivity contribution in [3.8, 4) is 0 Å². The number of aromatic amines is 1. The van der Waals surface area contributed by atoms with Crippen LogP contribution in [-0.4, -0.2) is 38.6 Å². The predicted molar refractivity (Wildman–Crippen MR) is 86.0 cm³/mol. The molecule has 8 heteroatoms. The molecule has 0 saturated heterocycles. The molecule has 0 aliphatic rings. The molecule has 0 fully saturated rings. The number of carbonyl (C=O) groups is 2. The van der Waals surface area contributed by atoms with Crippen LogP contribution in [0, 0.1) is 11.6 Å². The van der Waals surface area contributed by atoms with Crippen molar-refractivity contribution in [3.63, 3.8) is 0 Å². The number of H-pyrrole nitrogens is 1. The zero-order valence-corrected chi connectivity index (χ0v) is 13.9. The third-order valence-electron chi connectivity index (χ3n) is 3.71. The van der Waals surface area contributed by atoms with E-state index < -0.39 is 23.5 Å². The minimum atomic E-state index is -1.09. The van der Waals surface area contributed by atoms with E-state index in [0.29, 0.717) is 0 Å². The molecule has 0 atom stereocenters. The van der Waals surface area contributed by atoms with Gasteiger partial charge in [-0.15, -0.1) is 0 Å². The van der Waals surface area contributed by atoms with Crippen LogP contribution in [0.4, 0.5) is 8.78 Å². The smallest absolute Gasteiger partial charge is 0.305 e. The van der Waals surface area contributed by atoms with E-state index >= 15 is 0 Å². The first-order valence-electron chi connectivity index (χ1n) is 7.78. The van der Waals surface area contributed by atoms with Crippen molar-refractivity contribution in [1.82, 2.24) is 15.1 Å². The Bertz CT molecular complexity index is 774. The summed E-state index contributed by atoms with van der Waals surface area (Å²) in [5.74, 6) is -3.59. The number of aliphatic carboxylic acids is 1. The van der Waals surface area contributed by atoms with Crippen molar-refractivity contribution >= 4 is 11.9 Å². The SMILES string of the molecule is CC(C)c1cc(C(=O)N(CCC(=O)O)Cc2cccc(F)c2F)n[nH]1. The van der Waals surface area contributed by atoms with E-state index in [-0.39, 0.29) is 36.7 Å². The van der Waals surface area contributed by atoms with Gasteiger partial charge in [0, 0.05) is 24.3 Å². The molecule has 2 N–H and O–H groups in total. The third-order valence-corrected chi connectivity index (χ3v) is 3.71. The van der Waals surface area contributed by atoms with Crippen molar-refractivity contribution < 1.29 is 23.5 Å². The molecule has 0 aliphatic carbocycles. The molecular weight excluding hydrogens is 332 g/mol. The largest absolute Gasteiger partial charge is 0.481 e. The molecule has 25 heavy (non-hydrogen) atoms. The number of carboxylic acid groups (broad SMARTS) is 1. The Morgan fingerprint density at radius 2 is 2.04 bits per heavy atom. The Labute approximate surface area is 143 Å². The predicted octanol–water partition coefficient (Wildman–Crippen LogP) is 2.93. The summed E-state index contributed by atoms with van der Waals surface area (Å²) in [6.07, 6.45) is -0.315. The molecule has 0 saturated carbocycles. The first-order chi connectivity index (χ1) is 11.8. The highest BCUT2D eigenvalue weighted by Crippen LogP contribution is 2.17. The van der Waals surface area contributed by atoms with Gasteiger partial charge in [-0.1, -0.05) is 26.0 Å². The Morgan fingerprint density at radius 1 is 1.32 bits per heavy atom. The average Bonchev–Trinajstić information content (AvgIpc) is 3.04. The van der Waals surface area contributed by atoms with Gasteiger partial charge < -0.3 is 10.0 Å². The second-order valence-electron chi connectivity index (χ2n) is 5.95. The number of nitrogens with one attached hydrogen (secondary N) is 1. The Morgan fingerprint density at radius 3 is 2.64 bits per heavy atom. The van der Waals surface area contributed by atoms with Gasteiger partial charge in [0.1, 0.15) is 5.69 Å². The molecule has 2 aromatic rings. The Hall–Kier alpha value is -2.77. The first-order valence-corrected chi connectivity index (χ1v) is 7.78. The monoisotopic (exact) mass is 351 g/mol. The van der Waals surface area contributed by atoms with Crippen LogP contribution in [0.3, 0.4) is 0 Å². The molecule has 0 spiro atoms. The van der Waals surface area contributed by atoms with Crippen LogP contribution in [0.1, 0.15) is 47.9 Å². The molecule has 0 radical (unpaired) electrons. The fourth-order valence-electron chi connectivity index (χ4n) is 2.26. The summed E-state index contributed by atoms with van der Waals surface area (Å²) < 4.78 is 27.3. The molecule has 2 rings (SSSR count). The summed E-state index contributed by atoms with van der Waals surface area (Å²) >= 11 is 0. The fourth-order valence-corrected chi connectivity index (χ4v) is 2.26. The average molecular weight is 351 g/mol. The Kier molecular flexibility index (Phi) is 5.84. The number of halogens is 2. The minimum absolute atomic E-state index is 0.0293. The summed E-state index contributed by atoms with van der Waals surface area (Å²) in [4.78, 5) is 24.6. The molecule has 1 heterocycles. The highest BCUT2D eigenvalue weighted by molar-refractivity contribution is 5.92. The number of nitrogens with zero attached hydrogens (tertiary/aromatic N) is 2. The Balaban J connectivity index is 2.26. The van der Waals surface area contributed by atoms with E-state index in [2.05, 4.69) is 10.2 Å². The van der Waals surface area contributed by atoms with Crippen LogP contribution < -0.4 is 0 Å². The van der Waals surface area contributed by atoms with Gasteiger partial charge in [-0.05, 0) is 18.1 Å². The number of hydrogen-bond acceptors (Lipinski definition) is 3. The summed E-state index contributed by atoms with van der Waals surface area (Å²) in [5.41, 5.74) is 0.822. The molecule has 0 unspecified atom stereocenters. The van der Waals surface area contributed by atoms with Crippen LogP contribution in [0.5, 0.6) is 0 Å². The van der Waals surface area contributed by atoms with Gasteiger partial charge in [0.2, 0.25) is 0 Å².